The monoisotopic (exact) mass is 275 g/mol. The van der Waals surface area contributed by atoms with Gasteiger partial charge in [0.05, 0.1) is 7.11 Å². The number of ether oxygens (including phenoxy) is 1. The van der Waals surface area contributed by atoms with Crippen LogP contribution in [0.3, 0.4) is 0 Å². The highest BCUT2D eigenvalue weighted by Gasteiger charge is 2.28. The summed E-state index contributed by atoms with van der Waals surface area (Å²) in [7, 11) is 1.71. The molecule has 0 amide bonds. The third-order valence-electron chi connectivity index (χ3n) is 4.99. The molecule has 2 unspecified atom stereocenters. The van der Waals surface area contributed by atoms with Crippen molar-refractivity contribution in [3.8, 4) is 5.75 Å². The first kappa shape index (κ1) is 15.4. The van der Waals surface area contributed by atoms with Crippen LogP contribution in [0.2, 0.25) is 0 Å². The predicted octanol–water partition coefficient (Wildman–Crippen LogP) is 4.32. The molecule has 2 N–H and O–H groups in total. The third-order valence-corrected chi connectivity index (χ3v) is 4.99. The van der Waals surface area contributed by atoms with E-state index in [4.69, 9.17) is 10.5 Å². The zero-order valence-electron chi connectivity index (χ0n) is 13.0. The van der Waals surface area contributed by atoms with Gasteiger partial charge in [0.15, 0.2) is 0 Å². The molecule has 1 aliphatic rings. The molecule has 0 bridgehead atoms. The molecule has 1 aliphatic carbocycles. The van der Waals surface area contributed by atoms with E-state index < -0.39 is 0 Å². The van der Waals surface area contributed by atoms with E-state index in [1.807, 2.05) is 12.1 Å². The van der Waals surface area contributed by atoms with Crippen molar-refractivity contribution >= 4 is 0 Å². The van der Waals surface area contributed by atoms with E-state index >= 15 is 0 Å². The van der Waals surface area contributed by atoms with Gasteiger partial charge in [0, 0.05) is 5.54 Å². The molecule has 0 heterocycles. The number of hydrogen-bond acceptors (Lipinski definition) is 2. The van der Waals surface area contributed by atoms with Crippen molar-refractivity contribution in [1.29, 1.82) is 0 Å². The van der Waals surface area contributed by atoms with Gasteiger partial charge in [0.2, 0.25) is 0 Å². The maximum Gasteiger partial charge on any atom is 0.118 e. The Bertz CT molecular complexity index is 400. The van der Waals surface area contributed by atoms with Gasteiger partial charge in [-0.1, -0.05) is 38.3 Å². The van der Waals surface area contributed by atoms with Crippen molar-refractivity contribution in [2.24, 2.45) is 11.7 Å². The first-order valence-corrected chi connectivity index (χ1v) is 8.07. The fourth-order valence-electron chi connectivity index (χ4n) is 3.35. The summed E-state index contributed by atoms with van der Waals surface area (Å²) >= 11 is 0. The summed E-state index contributed by atoms with van der Waals surface area (Å²) < 4.78 is 5.20. The van der Waals surface area contributed by atoms with Crippen LogP contribution in [0.15, 0.2) is 24.3 Å². The fourth-order valence-corrected chi connectivity index (χ4v) is 3.35. The Labute approximate surface area is 123 Å². The highest BCUT2D eigenvalue weighted by atomic mass is 16.5. The molecule has 2 rings (SSSR count). The molecular formula is C18H29NO. The van der Waals surface area contributed by atoms with Gasteiger partial charge in [0.25, 0.3) is 0 Å². The standard InChI is InChI=1S/C18H29NO/c1-3-15-5-4-12-18(19,13-10-15)14-11-16-6-8-17(20-2)9-7-16/h6-9,15H,3-5,10-14,19H2,1-2H3. The zero-order valence-corrected chi connectivity index (χ0v) is 13.0. The van der Waals surface area contributed by atoms with Gasteiger partial charge < -0.3 is 10.5 Å². The van der Waals surface area contributed by atoms with Crippen LogP contribution in [-0.4, -0.2) is 12.6 Å². The lowest BCUT2D eigenvalue weighted by Gasteiger charge is -2.28. The van der Waals surface area contributed by atoms with Crippen molar-refractivity contribution in [1.82, 2.24) is 0 Å². The minimum Gasteiger partial charge on any atom is -0.497 e. The molecule has 1 aromatic rings. The van der Waals surface area contributed by atoms with Gasteiger partial charge in [-0.05, 0) is 55.7 Å². The van der Waals surface area contributed by atoms with E-state index in [-0.39, 0.29) is 5.54 Å². The minimum atomic E-state index is 0.0594. The fraction of sp³-hybridized carbons (Fsp3) is 0.667. The van der Waals surface area contributed by atoms with Crippen LogP contribution < -0.4 is 10.5 Å². The lowest BCUT2D eigenvalue weighted by atomic mass is 9.85. The molecular weight excluding hydrogens is 246 g/mol. The highest BCUT2D eigenvalue weighted by Crippen LogP contribution is 2.33. The Hall–Kier alpha value is -1.02. The van der Waals surface area contributed by atoms with Crippen LogP contribution in [0.5, 0.6) is 5.75 Å². The zero-order chi connectivity index (χ0) is 14.4. The largest absolute Gasteiger partial charge is 0.497 e. The van der Waals surface area contributed by atoms with Crippen molar-refractivity contribution in [2.45, 2.75) is 63.8 Å². The average molecular weight is 275 g/mol. The molecule has 2 nitrogen and oxygen atoms in total. The maximum absolute atomic E-state index is 6.66. The van der Waals surface area contributed by atoms with Gasteiger partial charge in [-0.2, -0.15) is 0 Å². The normalized spacial score (nSPS) is 27.1. The predicted molar refractivity (Wildman–Crippen MR) is 85.1 cm³/mol. The highest BCUT2D eigenvalue weighted by molar-refractivity contribution is 5.27. The number of nitrogens with two attached hydrogens (primary N) is 1. The molecule has 1 aromatic carbocycles. The third kappa shape index (κ3) is 4.24. The number of methoxy groups -OCH3 is 1. The Kier molecular flexibility index (Phi) is 5.47. The van der Waals surface area contributed by atoms with E-state index in [1.54, 1.807) is 7.11 Å². The maximum atomic E-state index is 6.66. The molecule has 2 heteroatoms. The van der Waals surface area contributed by atoms with Crippen LogP contribution in [0.1, 0.15) is 57.4 Å². The smallest absolute Gasteiger partial charge is 0.118 e. The Morgan fingerprint density at radius 3 is 2.60 bits per heavy atom. The summed E-state index contributed by atoms with van der Waals surface area (Å²) in [6.07, 6.45) is 9.88. The first-order valence-electron chi connectivity index (χ1n) is 8.07. The van der Waals surface area contributed by atoms with Crippen LogP contribution in [0.4, 0.5) is 0 Å². The Morgan fingerprint density at radius 1 is 1.20 bits per heavy atom. The van der Waals surface area contributed by atoms with E-state index in [2.05, 4.69) is 19.1 Å². The van der Waals surface area contributed by atoms with E-state index in [0.29, 0.717) is 0 Å². The molecule has 0 aromatic heterocycles. The van der Waals surface area contributed by atoms with Crippen molar-refractivity contribution in [3.05, 3.63) is 29.8 Å². The number of aryl methyl sites for hydroxylation is 1. The quantitative estimate of drug-likeness (QED) is 0.812. The Morgan fingerprint density at radius 2 is 1.95 bits per heavy atom. The Balaban J connectivity index is 1.88. The number of rotatable bonds is 5. The summed E-state index contributed by atoms with van der Waals surface area (Å²) in [5, 5.41) is 0. The van der Waals surface area contributed by atoms with Crippen molar-refractivity contribution < 1.29 is 4.74 Å². The number of hydrogen-bond donors (Lipinski definition) is 1. The molecule has 0 saturated heterocycles. The topological polar surface area (TPSA) is 35.2 Å². The summed E-state index contributed by atoms with van der Waals surface area (Å²) in [6.45, 7) is 2.31. The summed E-state index contributed by atoms with van der Waals surface area (Å²) in [5.74, 6) is 1.83. The molecule has 1 saturated carbocycles. The van der Waals surface area contributed by atoms with Gasteiger partial charge >= 0.3 is 0 Å². The molecule has 112 valence electrons. The number of benzene rings is 1. The SMILES string of the molecule is CCC1CCCC(N)(CCc2ccc(OC)cc2)CC1. The van der Waals surface area contributed by atoms with Gasteiger partial charge in [-0.3, -0.25) is 0 Å². The van der Waals surface area contributed by atoms with Gasteiger partial charge in [0.1, 0.15) is 5.75 Å². The van der Waals surface area contributed by atoms with Gasteiger partial charge in [-0.15, -0.1) is 0 Å². The van der Waals surface area contributed by atoms with Gasteiger partial charge in [-0.25, -0.2) is 0 Å². The lowest BCUT2D eigenvalue weighted by Crippen LogP contribution is -2.39. The second-order valence-electron chi connectivity index (χ2n) is 6.42. The summed E-state index contributed by atoms with van der Waals surface area (Å²) in [6, 6.07) is 8.40. The van der Waals surface area contributed by atoms with E-state index in [9.17, 15) is 0 Å². The van der Waals surface area contributed by atoms with Crippen molar-refractivity contribution in [2.75, 3.05) is 7.11 Å². The molecule has 0 spiro atoms. The average Bonchev–Trinajstić information content (AvgIpc) is 2.68. The van der Waals surface area contributed by atoms with Crippen LogP contribution in [-0.2, 0) is 6.42 Å². The lowest BCUT2D eigenvalue weighted by molar-refractivity contribution is 0.337. The molecule has 2 atom stereocenters. The second kappa shape index (κ2) is 7.12. The molecule has 1 fully saturated rings. The minimum absolute atomic E-state index is 0.0594. The first-order chi connectivity index (χ1) is 9.65. The van der Waals surface area contributed by atoms with Crippen molar-refractivity contribution in [3.63, 3.8) is 0 Å². The van der Waals surface area contributed by atoms with Crippen LogP contribution in [0.25, 0.3) is 0 Å². The summed E-state index contributed by atoms with van der Waals surface area (Å²) in [4.78, 5) is 0. The molecule has 20 heavy (non-hydrogen) atoms. The molecule has 0 radical (unpaired) electrons. The van der Waals surface area contributed by atoms with E-state index in [1.165, 1.54) is 44.1 Å². The second-order valence-corrected chi connectivity index (χ2v) is 6.42. The summed E-state index contributed by atoms with van der Waals surface area (Å²) in [5.41, 5.74) is 8.08. The van der Waals surface area contributed by atoms with Crippen LogP contribution >= 0.6 is 0 Å². The van der Waals surface area contributed by atoms with Crippen LogP contribution in [0, 0.1) is 5.92 Å². The van der Waals surface area contributed by atoms with E-state index in [0.717, 1.165) is 24.5 Å². The molecule has 0 aliphatic heterocycles.